The molecule has 0 saturated heterocycles. The average molecular weight is 587 g/mol. The Morgan fingerprint density at radius 1 is 1.11 bits per heavy atom. The van der Waals surface area contributed by atoms with Gasteiger partial charge in [-0.2, -0.15) is 0 Å². The minimum Gasteiger partial charge on any atom is -0.507 e. The Morgan fingerprint density at radius 3 is 2.50 bits per heavy atom. The van der Waals surface area contributed by atoms with Gasteiger partial charge in [-0.05, 0) is 82.0 Å². The van der Waals surface area contributed by atoms with E-state index in [1.54, 1.807) is 13.0 Å². The number of aliphatic hydroxyl groups excluding tert-OH is 1. The van der Waals surface area contributed by atoms with Crippen LogP contribution in [0.25, 0.3) is 5.57 Å². The van der Waals surface area contributed by atoms with E-state index in [-0.39, 0.29) is 24.7 Å². The summed E-state index contributed by atoms with van der Waals surface area (Å²) in [6.45, 7) is 11.6. The number of carbonyl (C=O) groups is 2. The van der Waals surface area contributed by atoms with Crippen LogP contribution in [-0.4, -0.2) is 35.0 Å². The molecular weight excluding hydrogens is 550 g/mol. The summed E-state index contributed by atoms with van der Waals surface area (Å²) in [5, 5.41) is 14.3. The van der Waals surface area contributed by atoms with E-state index < -0.39 is 17.3 Å². The number of ether oxygens (including phenoxy) is 3. The Bertz CT molecular complexity index is 1260. The minimum atomic E-state index is -1.13. The number of amides is 1. The summed E-state index contributed by atoms with van der Waals surface area (Å²) in [7, 11) is 0. The highest BCUT2D eigenvalue weighted by Gasteiger charge is 2.42. The van der Waals surface area contributed by atoms with E-state index in [1.165, 1.54) is 0 Å². The first-order valence-corrected chi connectivity index (χ1v) is 13.5. The molecule has 38 heavy (non-hydrogen) atoms. The van der Waals surface area contributed by atoms with Crippen LogP contribution < -0.4 is 10.1 Å². The smallest absolute Gasteiger partial charge is 0.407 e. The van der Waals surface area contributed by atoms with Crippen molar-refractivity contribution in [2.24, 2.45) is 0 Å². The van der Waals surface area contributed by atoms with Gasteiger partial charge < -0.3 is 24.6 Å². The Hall–Kier alpha value is -3.26. The van der Waals surface area contributed by atoms with E-state index in [0.29, 0.717) is 29.9 Å². The monoisotopic (exact) mass is 585 g/mol. The van der Waals surface area contributed by atoms with Crippen molar-refractivity contribution >= 4 is 33.6 Å². The molecule has 2 aromatic carbocycles. The number of aliphatic hydroxyl groups is 1. The zero-order valence-corrected chi connectivity index (χ0v) is 24.4. The number of benzene rings is 2. The quantitative estimate of drug-likeness (QED) is 0.306. The van der Waals surface area contributed by atoms with Gasteiger partial charge in [0.25, 0.3) is 0 Å². The first-order chi connectivity index (χ1) is 17.9. The molecule has 7 nitrogen and oxygen atoms in total. The van der Waals surface area contributed by atoms with Crippen molar-refractivity contribution < 1.29 is 28.9 Å². The van der Waals surface area contributed by atoms with E-state index >= 15 is 0 Å². The normalized spacial score (nSPS) is 17.2. The first kappa shape index (κ1) is 29.3. The zero-order valence-electron chi connectivity index (χ0n) is 22.8. The van der Waals surface area contributed by atoms with Crippen LogP contribution in [0.1, 0.15) is 64.7 Å². The molecule has 0 spiro atoms. The van der Waals surface area contributed by atoms with Gasteiger partial charge in [0.2, 0.25) is 0 Å². The van der Waals surface area contributed by atoms with Gasteiger partial charge >= 0.3 is 12.1 Å². The lowest BCUT2D eigenvalue weighted by molar-refractivity contribution is -0.142. The molecule has 1 aliphatic carbocycles. The number of nitrogens with one attached hydrogen (secondary N) is 1. The summed E-state index contributed by atoms with van der Waals surface area (Å²) in [4.78, 5) is 24.3. The third-order valence-electron chi connectivity index (χ3n) is 6.08. The predicted octanol–water partition coefficient (Wildman–Crippen LogP) is 7.04. The topological polar surface area (TPSA) is 94.1 Å². The minimum absolute atomic E-state index is 0.0573. The summed E-state index contributed by atoms with van der Waals surface area (Å²) in [6.07, 6.45) is 2.15. The molecular formula is C30H36BrNO6. The molecule has 2 aromatic rings. The Kier molecular flexibility index (Phi) is 9.31. The van der Waals surface area contributed by atoms with E-state index in [1.807, 2.05) is 77.1 Å². The SMILES string of the molecule is CCOC(=O)Cc1ccc(Br)cc1OC1(C)C(CC)=CC(c2cccc(CNC(=O)OC(C)(C)C)c2)=C1O. The number of allylic oxidation sites excluding steroid dienone is 2. The van der Waals surface area contributed by atoms with Crippen molar-refractivity contribution in [1.29, 1.82) is 0 Å². The van der Waals surface area contributed by atoms with Crippen LogP contribution in [0.15, 0.2) is 64.3 Å². The standard InChI is InChI=1S/C30H36BrNO6/c1-7-22-16-24(20-11-9-10-19(14-20)18-32-28(35)38-29(3,4)5)27(34)30(22,6)37-25-17-23(31)13-12-21(25)15-26(33)36-8-2/h9-14,16-17,34H,7-8,15,18H2,1-6H3,(H,32,35). The molecule has 0 aromatic heterocycles. The molecule has 204 valence electrons. The number of alkyl carbamates (subject to hydrolysis) is 1. The van der Waals surface area contributed by atoms with Gasteiger partial charge in [-0.3, -0.25) is 4.79 Å². The number of hydrogen-bond acceptors (Lipinski definition) is 6. The van der Waals surface area contributed by atoms with Crippen LogP contribution in [0.5, 0.6) is 5.75 Å². The number of carbonyl (C=O) groups excluding carboxylic acids is 2. The lowest BCUT2D eigenvalue weighted by Crippen LogP contribution is -2.35. The van der Waals surface area contributed by atoms with Crippen LogP contribution in [0.4, 0.5) is 4.79 Å². The van der Waals surface area contributed by atoms with Crippen molar-refractivity contribution in [1.82, 2.24) is 5.32 Å². The molecule has 0 aliphatic heterocycles. The molecule has 1 atom stereocenters. The summed E-state index contributed by atoms with van der Waals surface area (Å²) in [5.74, 6) is 0.214. The second-order valence-electron chi connectivity index (χ2n) is 10.2. The molecule has 1 unspecified atom stereocenters. The van der Waals surface area contributed by atoms with Gasteiger partial charge in [0, 0.05) is 22.2 Å². The Balaban J connectivity index is 1.89. The van der Waals surface area contributed by atoms with Gasteiger partial charge in [0.1, 0.15) is 17.1 Å². The number of rotatable bonds is 9. The molecule has 3 rings (SSSR count). The van der Waals surface area contributed by atoms with Crippen molar-refractivity contribution in [3.63, 3.8) is 0 Å². The number of esters is 1. The highest BCUT2D eigenvalue weighted by molar-refractivity contribution is 9.10. The number of halogens is 1. The largest absolute Gasteiger partial charge is 0.507 e. The van der Waals surface area contributed by atoms with E-state index in [2.05, 4.69) is 21.2 Å². The Morgan fingerprint density at radius 2 is 1.84 bits per heavy atom. The molecule has 0 saturated carbocycles. The maximum absolute atomic E-state index is 12.2. The maximum Gasteiger partial charge on any atom is 0.407 e. The molecule has 0 radical (unpaired) electrons. The Labute approximate surface area is 233 Å². The fourth-order valence-electron chi connectivity index (χ4n) is 4.26. The van der Waals surface area contributed by atoms with E-state index in [9.17, 15) is 14.7 Å². The summed E-state index contributed by atoms with van der Waals surface area (Å²) < 4.78 is 17.7. The predicted molar refractivity (Wildman–Crippen MR) is 151 cm³/mol. The van der Waals surface area contributed by atoms with Crippen molar-refractivity contribution in [2.75, 3.05) is 6.61 Å². The fourth-order valence-corrected chi connectivity index (χ4v) is 4.60. The van der Waals surface area contributed by atoms with Gasteiger partial charge in [-0.15, -0.1) is 0 Å². The van der Waals surface area contributed by atoms with Crippen molar-refractivity contribution in [3.05, 3.63) is 81.0 Å². The average Bonchev–Trinajstić information content (AvgIpc) is 3.08. The highest BCUT2D eigenvalue weighted by atomic mass is 79.9. The third-order valence-corrected chi connectivity index (χ3v) is 6.57. The fraction of sp³-hybridized carbons (Fsp3) is 0.400. The summed E-state index contributed by atoms with van der Waals surface area (Å²) >= 11 is 3.48. The van der Waals surface area contributed by atoms with Crippen molar-refractivity contribution in [2.45, 2.75) is 72.1 Å². The van der Waals surface area contributed by atoms with Crippen LogP contribution in [0.2, 0.25) is 0 Å². The van der Waals surface area contributed by atoms with Gasteiger partial charge in [0.05, 0.1) is 13.0 Å². The third kappa shape index (κ3) is 7.19. The molecule has 1 amide bonds. The zero-order chi connectivity index (χ0) is 28.1. The lowest BCUT2D eigenvalue weighted by atomic mass is 9.94. The van der Waals surface area contributed by atoms with E-state index in [0.717, 1.165) is 21.2 Å². The second kappa shape index (κ2) is 12.1. The van der Waals surface area contributed by atoms with Crippen LogP contribution in [0.3, 0.4) is 0 Å². The maximum atomic E-state index is 12.2. The summed E-state index contributed by atoms with van der Waals surface area (Å²) in [5.41, 5.74) is 2.15. The highest BCUT2D eigenvalue weighted by Crippen LogP contribution is 2.44. The van der Waals surface area contributed by atoms with Gasteiger partial charge in [-0.1, -0.05) is 47.1 Å². The van der Waals surface area contributed by atoms with Gasteiger partial charge in [0.15, 0.2) is 5.60 Å². The van der Waals surface area contributed by atoms with Crippen molar-refractivity contribution in [3.8, 4) is 5.75 Å². The lowest BCUT2D eigenvalue weighted by Gasteiger charge is -2.30. The number of hydrogen-bond donors (Lipinski definition) is 2. The molecule has 8 heteroatoms. The second-order valence-corrected chi connectivity index (χ2v) is 11.1. The van der Waals surface area contributed by atoms with Gasteiger partial charge in [-0.25, -0.2) is 4.79 Å². The molecule has 0 fully saturated rings. The van der Waals surface area contributed by atoms with Crippen LogP contribution >= 0.6 is 15.9 Å². The van der Waals surface area contributed by atoms with E-state index in [4.69, 9.17) is 14.2 Å². The van der Waals surface area contributed by atoms with Crippen LogP contribution in [-0.2, 0) is 27.2 Å². The first-order valence-electron chi connectivity index (χ1n) is 12.7. The summed E-state index contributed by atoms with van der Waals surface area (Å²) in [6, 6.07) is 13.0. The molecule has 2 N–H and O–H groups in total. The molecule has 0 heterocycles. The van der Waals surface area contributed by atoms with Crippen LogP contribution in [0, 0.1) is 0 Å². The molecule has 0 bridgehead atoms. The molecule has 1 aliphatic rings.